The van der Waals surface area contributed by atoms with E-state index >= 15 is 0 Å². The molecule has 0 unspecified atom stereocenters. The zero-order chi connectivity index (χ0) is 20.4. The van der Waals surface area contributed by atoms with Gasteiger partial charge in [0.15, 0.2) is 0 Å². The number of hydrogen-bond acceptors (Lipinski definition) is 5. The van der Waals surface area contributed by atoms with Gasteiger partial charge in [-0.15, -0.1) is 0 Å². The Hall–Kier alpha value is -3.87. The van der Waals surface area contributed by atoms with Crippen molar-refractivity contribution >= 4 is 17.7 Å². The number of anilines is 1. The molecule has 0 aliphatic rings. The minimum absolute atomic E-state index is 0.00289. The summed E-state index contributed by atoms with van der Waals surface area (Å²) in [6, 6.07) is 14.9. The first kappa shape index (κ1) is 18.9. The Morgan fingerprint density at radius 1 is 1.04 bits per heavy atom. The summed E-state index contributed by atoms with van der Waals surface area (Å²) < 4.78 is 5.86. The number of nitrogens with zero attached hydrogens (tertiary/aromatic N) is 1. The molecule has 0 saturated carbocycles. The van der Waals surface area contributed by atoms with Gasteiger partial charge in [-0.3, -0.25) is 14.2 Å². The van der Waals surface area contributed by atoms with Gasteiger partial charge in [0.1, 0.15) is 5.82 Å². The number of methoxy groups -OCH3 is 1. The fourth-order valence-electron chi connectivity index (χ4n) is 3.05. The highest BCUT2D eigenvalue weighted by Gasteiger charge is 2.22. The Morgan fingerprint density at radius 2 is 1.68 bits per heavy atom. The molecule has 3 rings (SSSR count). The average Bonchev–Trinajstić information content (AvgIpc) is 2.67. The molecule has 0 aliphatic heterocycles. The maximum absolute atomic E-state index is 12.9. The Bertz CT molecular complexity index is 1130. The lowest BCUT2D eigenvalue weighted by Gasteiger charge is -2.17. The van der Waals surface area contributed by atoms with Crippen molar-refractivity contribution < 1.29 is 14.3 Å². The Labute approximate surface area is 161 Å². The molecule has 7 heteroatoms. The molecule has 28 heavy (non-hydrogen) atoms. The van der Waals surface area contributed by atoms with Gasteiger partial charge in [-0.25, -0.2) is 4.79 Å². The lowest BCUT2D eigenvalue weighted by Crippen LogP contribution is -2.28. The van der Waals surface area contributed by atoms with Crippen LogP contribution < -0.4 is 17.0 Å². The fraction of sp³-hybridized carbons (Fsp3) is 0.0952. The van der Waals surface area contributed by atoms with Crippen LogP contribution >= 0.6 is 0 Å². The zero-order valence-corrected chi connectivity index (χ0v) is 15.4. The summed E-state index contributed by atoms with van der Waals surface area (Å²) in [6.45, 7) is 1.93. The molecule has 2 aromatic carbocycles. The van der Waals surface area contributed by atoms with Crippen LogP contribution in [0.4, 0.5) is 5.82 Å². The number of aromatic nitrogens is 1. The van der Waals surface area contributed by atoms with Crippen molar-refractivity contribution in [2.24, 2.45) is 5.73 Å². The molecule has 0 radical (unpaired) electrons. The molecule has 0 saturated heterocycles. The summed E-state index contributed by atoms with van der Waals surface area (Å²) in [6.07, 6.45) is 0. The third-order valence-corrected chi connectivity index (χ3v) is 4.41. The number of nitrogen functional groups attached to an aromatic ring is 1. The smallest absolute Gasteiger partial charge is 0.339 e. The number of rotatable bonds is 4. The standard InChI is InChI=1S/C21H19N3O4/c1-12-7-9-13(10-8-12)15-11-17(25)24(19(22)18(15)20(23)26)16-6-4-3-5-14(16)21(27)28-2/h3-11H,22H2,1-2H3,(H2,23,26). The lowest BCUT2D eigenvalue weighted by atomic mass is 9.99. The van der Waals surface area contributed by atoms with Crippen molar-refractivity contribution in [1.82, 2.24) is 4.57 Å². The average molecular weight is 377 g/mol. The summed E-state index contributed by atoms with van der Waals surface area (Å²) in [5, 5.41) is 0. The third kappa shape index (κ3) is 3.25. The minimum Gasteiger partial charge on any atom is -0.465 e. The van der Waals surface area contributed by atoms with E-state index in [-0.39, 0.29) is 22.6 Å². The minimum atomic E-state index is -0.780. The van der Waals surface area contributed by atoms with Crippen LogP contribution in [0.3, 0.4) is 0 Å². The van der Waals surface area contributed by atoms with E-state index in [1.165, 1.54) is 19.2 Å². The van der Waals surface area contributed by atoms with Crippen molar-refractivity contribution in [3.8, 4) is 16.8 Å². The van der Waals surface area contributed by atoms with Crippen molar-refractivity contribution in [2.45, 2.75) is 6.92 Å². The molecule has 3 aromatic rings. The van der Waals surface area contributed by atoms with Gasteiger partial charge in [-0.2, -0.15) is 0 Å². The van der Waals surface area contributed by atoms with Crippen LogP contribution in [0.1, 0.15) is 26.3 Å². The number of amides is 1. The number of primary amides is 1. The summed E-state index contributed by atoms with van der Waals surface area (Å²) in [7, 11) is 1.24. The van der Waals surface area contributed by atoms with Crippen LogP contribution in [0.25, 0.3) is 16.8 Å². The largest absolute Gasteiger partial charge is 0.465 e. The van der Waals surface area contributed by atoms with E-state index in [2.05, 4.69) is 0 Å². The molecule has 1 aromatic heterocycles. The molecule has 0 spiro atoms. The van der Waals surface area contributed by atoms with Crippen molar-refractivity contribution in [3.63, 3.8) is 0 Å². The van der Waals surface area contributed by atoms with Crippen molar-refractivity contribution in [1.29, 1.82) is 0 Å². The van der Waals surface area contributed by atoms with E-state index in [4.69, 9.17) is 16.2 Å². The van der Waals surface area contributed by atoms with Gasteiger partial charge in [0.05, 0.1) is 23.9 Å². The summed E-state index contributed by atoms with van der Waals surface area (Å²) in [4.78, 5) is 37.2. The summed E-state index contributed by atoms with van der Waals surface area (Å²) >= 11 is 0. The molecule has 0 bridgehead atoms. The molecule has 142 valence electrons. The predicted octanol–water partition coefficient (Wildman–Crippen LogP) is 2.28. The van der Waals surface area contributed by atoms with Crippen LogP contribution in [0.2, 0.25) is 0 Å². The van der Waals surface area contributed by atoms with Gasteiger partial charge >= 0.3 is 5.97 Å². The van der Waals surface area contributed by atoms with Gasteiger partial charge in [0, 0.05) is 11.6 Å². The van der Waals surface area contributed by atoms with E-state index in [0.717, 1.165) is 10.1 Å². The van der Waals surface area contributed by atoms with Crippen LogP contribution in [0.15, 0.2) is 59.4 Å². The molecule has 7 nitrogen and oxygen atoms in total. The Balaban J connectivity index is 2.34. The number of pyridine rings is 1. The van der Waals surface area contributed by atoms with Gasteiger partial charge in [0.25, 0.3) is 11.5 Å². The molecule has 1 amide bonds. The first-order valence-corrected chi connectivity index (χ1v) is 8.45. The van der Waals surface area contributed by atoms with Crippen molar-refractivity contribution in [3.05, 3.63) is 81.6 Å². The highest BCUT2D eigenvalue weighted by Crippen LogP contribution is 2.28. The monoisotopic (exact) mass is 377 g/mol. The second-order valence-electron chi connectivity index (χ2n) is 6.23. The molecule has 1 heterocycles. The van der Waals surface area contributed by atoms with Crippen LogP contribution in [-0.4, -0.2) is 23.6 Å². The highest BCUT2D eigenvalue weighted by atomic mass is 16.5. The van der Waals surface area contributed by atoms with Crippen LogP contribution in [-0.2, 0) is 4.74 Å². The third-order valence-electron chi connectivity index (χ3n) is 4.41. The molecular weight excluding hydrogens is 358 g/mol. The topological polar surface area (TPSA) is 117 Å². The summed E-state index contributed by atoms with van der Waals surface area (Å²) in [5.41, 5.74) is 13.6. The molecule has 0 aliphatic carbocycles. The van der Waals surface area contributed by atoms with Gasteiger partial charge in [-0.05, 0) is 24.6 Å². The SMILES string of the molecule is COC(=O)c1ccccc1-n1c(N)c(C(N)=O)c(-c2ccc(C)cc2)cc1=O. The zero-order valence-electron chi connectivity index (χ0n) is 15.4. The lowest BCUT2D eigenvalue weighted by molar-refractivity contribution is 0.0600. The number of aryl methyl sites for hydroxylation is 1. The molecule has 0 fully saturated rings. The maximum Gasteiger partial charge on any atom is 0.339 e. The van der Waals surface area contributed by atoms with Crippen molar-refractivity contribution in [2.75, 3.05) is 12.8 Å². The number of ether oxygens (including phenoxy) is 1. The van der Waals surface area contributed by atoms with E-state index in [1.54, 1.807) is 30.3 Å². The number of carbonyl (C=O) groups is 2. The Morgan fingerprint density at radius 3 is 2.29 bits per heavy atom. The van der Waals surface area contributed by atoms with E-state index in [1.807, 2.05) is 19.1 Å². The van der Waals surface area contributed by atoms with E-state index < -0.39 is 17.4 Å². The molecule has 0 atom stereocenters. The number of esters is 1. The first-order chi connectivity index (χ1) is 13.3. The number of carbonyl (C=O) groups excluding carboxylic acids is 2. The maximum atomic E-state index is 12.9. The van der Waals surface area contributed by atoms with Crippen LogP contribution in [0, 0.1) is 6.92 Å². The van der Waals surface area contributed by atoms with E-state index in [0.29, 0.717) is 11.1 Å². The predicted molar refractivity (Wildman–Crippen MR) is 106 cm³/mol. The van der Waals surface area contributed by atoms with Gasteiger partial charge < -0.3 is 16.2 Å². The molecule has 4 N–H and O–H groups in total. The van der Waals surface area contributed by atoms with Gasteiger partial charge in [0.2, 0.25) is 0 Å². The quantitative estimate of drug-likeness (QED) is 0.677. The number of para-hydroxylation sites is 1. The molecular formula is C21H19N3O4. The highest BCUT2D eigenvalue weighted by molar-refractivity contribution is 6.04. The summed E-state index contributed by atoms with van der Waals surface area (Å²) in [5.74, 6) is -1.56. The number of benzene rings is 2. The first-order valence-electron chi connectivity index (χ1n) is 8.45. The number of hydrogen-bond donors (Lipinski definition) is 2. The number of nitrogens with two attached hydrogens (primary N) is 2. The second-order valence-corrected chi connectivity index (χ2v) is 6.23. The normalized spacial score (nSPS) is 10.5. The second kappa shape index (κ2) is 7.40. The van der Waals surface area contributed by atoms with Gasteiger partial charge in [-0.1, -0.05) is 42.0 Å². The fourth-order valence-corrected chi connectivity index (χ4v) is 3.05. The van der Waals surface area contributed by atoms with Crippen LogP contribution in [0.5, 0.6) is 0 Å². The van der Waals surface area contributed by atoms with E-state index in [9.17, 15) is 14.4 Å². The Kier molecular flexibility index (Phi) is 5.00.